The van der Waals surface area contributed by atoms with E-state index in [-0.39, 0.29) is 18.0 Å². The summed E-state index contributed by atoms with van der Waals surface area (Å²) in [7, 11) is 1.61. The van der Waals surface area contributed by atoms with Gasteiger partial charge in [-0.1, -0.05) is 13.0 Å². The van der Waals surface area contributed by atoms with Crippen molar-refractivity contribution in [2.75, 3.05) is 35.3 Å². The SMILES string of the molecule is CCC(=O)Nc1ccc(N2C(=S)N[C@H](c3ccccn3)[C@@H]2c2cc(C)n(-c3ccc(N(CC)CC)cc3)c2C)cc1OC. The summed E-state index contributed by atoms with van der Waals surface area (Å²) in [4.78, 5) is 21.3. The molecule has 1 aliphatic heterocycles. The molecule has 4 aromatic rings. The highest BCUT2D eigenvalue weighted by Gasteiger charge is 2.42. The highest BCUT2D eigenvalue weighted by Crippen LogP contribution is 2.45. The van der Waals surface area contributed by atoms with Crippen LogP contribution in [0.4, 0.5) is 17.1 Å². The molecule has 1 aliphatic rings. The molecule has 2 aromatic heterocycles. The second kappa shape index (κ2) is 12.9. The molecule has 1 amide bonds. The number of ether oxygens (including phenoxy) is 1. The highest BCUT2D eigenvalue weighted by molar-refractivity contribution is 7.80. The molecule has 0 bridgehead atoms. The molecule has 9 heteroatoms. The molecule has 8 nitrogen and oxygen atoms in total. The number of carbonyl (C=O) groups is 1. The van der Waals surface area contributed by atoms with E-state index < -0.39 is 0 Å². The van der Waals surface area contributed by atoms with Gasteiger partial charge in [0.15, 0.2) is 5.11 Å². The Kier molecular flexibility index (Phi) is 9.01. The number of hydrogen-bond acceptors (Lipinski definition) is 5. The van der Waals surface area contributed by atoms with Crippen LogP contribution in [0.25, 0.3) is 5.69 Å². The lowest BCUT2D eigenvalue weighted by atomic mass is 9.96. The number of methoxy groups -OCH3 is 1. The predicted octanol–water partition coefficient (Wildman–Crippen LogP) is 6.87. The fraction of sp³-hybridized carbons (Fsp3) is 0.324. The molecular formula is C34H40N6O2S. The maximum atomic E-state index is 12.1. The molecule has 0 saturated carbocycles. The molecule has 0 unspecified atom stereocenters. The summed E-state index contributed by atoms with van der Waals surface area (Å²) in [6.45, 7) is 12.4. The second-order valence-electron chi connectivity index (χ2n) is 10.6. The summed E-state index contributed by atoms with van der Waals surface area (Å²) in [5.74, 6) is 0.496. The summed E-state index contributed by atoms with van der Waals surface area (Å²) < 4.78 is 8.01. The van der Waals surface area contributed by atoms with Crippen LogP contribution < -0.4 is 25.2 Å². The van der Waals surface area contributed by atoms with E-state index >= 15 is 0 Å². The number of nitrogens with one attached hydrogen (secondary N) is 2. The number of aryl methyl sites for hydroxylation is 1. The molecule has 3 heterocycles. The minimum atomic E-state index is -0.182. The van der Waals surface area contributed by atoms with Crippen molar-refractivity contribution in [1.82, 2.24) is 14.9 Å². The third-order valence-electron chi connectivity index (χ3n) is 8.18. The van der Waals surface area contributed by atoms with E-state index in [1.165, 1.54) is 5.69 Å². The van der Waals surface area contributed by atoms with Crippen molar-refractivity contribution in [2.45, 2.75) is 53.1 Å². The molecule has 1 saturated heterocycles. The van der Waals surface area contributed by atoms with E-state index in [9.17, 15) is 4.79 Å². The fourth-order valence-electron chi connectivity index (χ4n) is 6.01. The zero-order valence-electron chi connectivity index (χ0n) is 25.7. The number of aromatic nitrogens is 2. The first-order chi connectivity index (χ1) is 20.8. The molecular weight excluding hydrogens is 556 g/mol. The van der Waals surface area contributed by atoms with Gasteiger partial charge in [-0.05, 0) is 100 Å². The molecule has 1 fully saturated rings. The lowest BCUT2D eigenvalue weighted by Crippen LogP contribution is -2.29. The van der Waals surface area contributed by atoms with Crippen molar-refractivity contribution in [3.8, 4) is 11.4 Å². The fourth-order valence-corrected chi connectivity index (χ4v) is 6.35. The van der Waals surface area contributed by atoms with Crippen LogP contribution in [0.3, 0.4) is 0 Å². The Labute approximate surface area is 259 Å². The largest absolute Gasteiger partial charge is 0.494 e. The van der Waals surface area contributed by atoms with E-state index in [0.717, 1.165) is 47.1 Å². The third kappa shape index (κ3) is 5.82. The van der Waals surface area contributed by atoms with Gasteiger partial charge < -0.3 is 29.7 Å². The number of rotatable bonds is 10. The number of benzene rings is 2. The highest BCUT2D eigenvalue weighted by atomic mass is 32.1. The molecule has 0 radical (unpaired) electrons. The van der Waals surface area contributed by atoms with Crippen molar-refractivity contribution >= 4 is 40.3 Å². The average molecular weight is 597 g/mol. The Balaban J connectivity index is 1.60. The first kappa shape index (κ1) is 30.1. The van der Waals surface area contributed by atoms with Gasteiger partial charge in [-0.2, -0.15) is 0 Å². The number of thiocarbonyl (C=S) groups is 1. The van der Waals surface area contributed by atoms with Crippen molar-refractivity contribution in [2.24, 2.45) is 0 Å². The van der Waals surface area contributed by atoms with Crippen LogP contribution in [0.1, 0.15) is 61.9 Å². The topological polar surface area (TPSA) is 74.7 Å². The van der Waals surface area contributed by atoms with Crippen LogP contribution in [0.2, 0.25) is 0 Å². The molecule has 43 heavy (non-hydrogen) atoms. The lowest BCUT2D eigenvalue weighted by Gasteiger charge is -2.29. The monoisotopic (exact) mass is 596 g/mol. The molecule has 224 valence electrons. The molecule has 2 atom stereocenters. The number of amides is 1. The summed E-state index contributed by atoms with van der Waals surface area (Å²) in [6.07, 6.45) is 2.20. The summed E-state index contributed by atoms with van der Waals surface area (Å²) in [6, 6.07) is 22.4. The van der Waals surface area contributed by atoms with Gasteiger partial charge in [0.2, 0.25) is 5.91 Å². The molecule has 2 aromatic carbocycles. The van der Waals surface area contributed by atoms with Crippen LogP contribution in [0.15, 0.2) is 72.9 Å². The quantitative estimate of drug-likeness (QED) is 0.194. The number of hydrogen-bond donors (Lipinski definition) is 2. The van der Waals surface area contributed by atoms with Crippen molar-refractivity contribution in [1.29, 1.82) is 0 Å². The Morgan fingerprint density at radius 1 is 1.02 bits per heavy atom. The van der Waals surface area contributed by atoms with E-state index in [2.05, 4.69) is 83.0 Å². The van der Waals surface area contributed by atoms with Gasteiger partial charge in [0.25, 0.3) is 0 Å². The molecule has 5 rings (SSSR count). The predicted molar refractivity (Wildman–Crippen MR) is 179 cm³/mol. The Bertz CT molecular complexity index is 1600. The van der Waals surface area contributed by atoms with E-state index in [0.29, 0.717) is 23.0 Å². The van der Waals surface area contributed by atoms with Gasteiger partial charge in [0, 0.05) is 60.2 Å². The maximum Gasteiger partial charge on any atom is 0.224 e. The number of pyridine rings is 1. The average Bonchev–Trinajstić information content (AvgIpc) is 3.53. The van der Waals surface area contributed by atoms with Gasteiger partial charge in [-0.15, -0.1) is 0 Å². The summed E-state index contributed by atoms with van der Waals surface area (Å²) >= 11 is 5.98. The zero-order chi connectivity index (χ0) is 30.7. The minimum absolute atomic E-state index is 0.0740. The number of anilines is 3. The minimum Gasteiger partial charge on any atom is -0.494 e. The maximum absolute atomic E-state index is 12.1. The normalized spacial score (nSPS) is 16.2. The van der Waals surface area contributed by atoms with Crippen molar-refractivity contribution in [3.63, 3.8) is 0 Å². The van der Waals surface area contributed by atoms with Crippen molar-refractivity contribution < 1.29 is 9.53 Å². The molecule has 0 spiro atoms. The zero-order valence-corrected chi connectivity index (χ0v) is 26.5. The van der Waals surface area contributed by atoms with Gasteiger partial charge >= 0.3 is 0 Å². The first-order valence-corrected chi connectivity index (χ1v) is 15.2. The third-order valence-corrected chi connectivity index (χ3v) is 8.50. The van der Waals surface area contributed by atoms with Gasteiger partial charge in [-0.3, -0.25) is 9.78 Å². The Morgan fingerprint density at radius 2 is 1.74 bits per heavy atom. The van der Waals surface area contributed by atoms with Crippen LogP contribution in [-0.2, 0) is 4.79 Å². The Morgan fingerprint density at radius 3 is 2.37 bits per heavy atom. The van der Waals surface area contributed by atoms with Crippen molar-refractivity contribution in [3.05, 3.63) is 95.6 Å². The van der Waals surface area contributed by atoms with E-state index in [4.69, 9.17) is 21.9 Å². The number of nitrogens with zero attached hydrogens (tertiary/aromatic N) is 4. The second-order valence-corrected chi connectivity index (χ2v) is 11.0. The van der Waals surface area contributed by atoms with Crippen LogP contribution in [0.5, 0.6) is 5.75 Å². The molecule has 2 N–H and O–H groups in total. The smallest absolute Gasteiger partial charge is 0.224 e. The van der Waals surface area contributed by atoms with E-state index in [1.54, 1.807) is 7.11 Å². The lowest BCUT2D eigenvalue weighted by molar-refractivity contribution is -0.115. The summed E-state index contributed by atoms with van der Waals surface area (Å²) in [5.41, 5.74) is 8.14. The molecule has 0 aliphatic carbocycles. The van der Waals surface area contributed by atoms with Gasteiger partial charge in [-0.25, -0.2) is 0 Å². The number of carbonyl (C=O) groups excluding carboxylic acids is 1. The Hall–Kier alpha value is -4.37. The first-order valence-electron chi connectivity index (χ1n) is 14.8. The van der Waals surface area contributed by atoms with E-state index in [1.807, 2.05) is 49.5 Å². The standard InChI is InChI=1S/C34H40N6O2S/c1-7-31(41)36-28-18-17-26(21-30(28)42-6)40-33(32(37-34(40)43)29-12-10-11-19-35-29)27-20-22(4)39(23(27)5)25-15-13-24(14-16-25)38(8-2)9-3/h10-21,32-33H,7-9H2,1-6H3,(H,36,41)(H,37,43)/t32-,33+/m1/s1. The van der Waals surface area contributed by atoms with Gasteiger partial charge in [0.1, 0.15) is 5.75 Å². The van der Waals surface area contributed by atoms with Crippen LogP contribution in [-0.4, -0.2) is 40.8 Å². The van der Waals surface area contributed by atoms with Crippen LogP contribution >= 0.6 is 12.2 Å². The summed E-state index contributed by atoms with van der Waals surface area (Å²) in [5, 5.41) is 7.08. The van der Waals surface area contributed by atoms with Gasteiger partial charge in [0.05, 0.1) is 30.6 Å². The van der Waals surface area contributed by atoms with Crippen LogP contribution in [0, 0.1) is 13.8 Å².